The fourth-order valence-corrected chi connectivity index (χ4v) is 5.71. The van der Waals surface area contributed by atoms with Crippen molar-refractivity contribution in [2.24, 2.45) is 11.7 Å². The van der Waals surface area contributed by atoms with Crippen LogP contribution < -0.4 is 16.0 Å². The molecule has 3 N–H and O–H groups in total. The molecule has 5 rings (SSSR count). The molecule has 7 nitrogen and oxygen atoms in total. The summed E-state index contributed by atoms with van der Waals surface area (Å²) >= 11 is 0. The quantitative estimate of drug-likeness (QED) is 0.436. The fourth-order valence-electron chi connectivity index (χ4n) is 5.71. The molecule has 3 aromatic rings. The van der Waals surface area contributed by atoms with E-state index in [2.05, 4.69) is 27.1 Å². The highest BCUT2D eigenvalue weighted by molar-refractivity contribution is 5.69. The maximum Gasteiger partial charge on any atom is 0.149 e. The maximum atomic E-state index is 15.4. The van der Waals surface area contributed by atoms with Crippen LogP contribution in [0.3, 0.4) is 0 Å². The number of rotatable bonds is 7. The average molecular weight is 542 g/mol. The van der Waals surface area contributed by atoms with Crippen molar-refractivity contribution < 1.29 is 22.6 Å². The van der Waals surface area contributed by atoms with Crippen molar-refractivity contribution in [1.82, 2.24) is 9.97 Å². The van der Waals surface area contributed by atoms with Crippen molar-refractivity contribution in [3.63, 3.8) is 0 Å². The van der Waals surface area contributed by atoms with E-state index in [4.69, 9.17) is 15.2 Å². The largest absolute Gasteiger partial charge is 0.381 e. The Bertz CT molecular complexity index is 1280. The maximum absolute atomic E-state index is 15.4. The zero-order chi connectivity index (χ0) is 27.6. The number of aromatic nitrogens is 2. The third kappa shape index (κ3) is 5.73. The highest BCUT2D eigenvalue weighted by Crippen LogP contribution is 2.39. The molecular formula is C29H34F3N5O2. The van der Waals surface area contributed by atoms with Crippen LogP contribution in [0.1, 0.15) is 37.4 Å². The van der Waals surface area contributed by atoms with Gasteiger partial charge in [-0.25, -0.2) is 18.2 Å². The van der Waals surface area contributed by atoms with Gasteiger partial charge in [0.25, 0.3) is 0 Å². The fraction of sp³-hybridized carbons (Fsp3) is 0.448. The van der Waals surface area contributed by atoms with Gasteiger partial charge in [-0.1, -0.05) is 6.92 Å². The Morgan fingerprint density at radius 2 is 1.85 bits per heavy atom. The van der Waals surface area contributed by atoms with Crippen molar-refractivity contribution >= 4 is 11.4 Å². The Balaban J connectivity index is 1.39. The molecule has 2 saturated heterocycles. The molecule has 2 atom stereocenters. The van der Waals surface area contributed by atoms with Gasteiger partial charge in [0.2, 0.25) is 0 Å². The van der Waals surface area contributed by atoms with Crippen LogP contribution in [-0.4, -0.2) is 49.4 Å². The molecule has 2 fully saturated rings. The van der Waals surface area contributed by atoms with Crippen molar-refractivity contribution in [3.05, 3.63) is 71.4 Å². The molecule has 39 heavy (non-hydrogen) atoms. The Labute approximate surface area is 226 Å². The van der Waals surface area contributed by atoms with Gasteiger partial charge < -0.3 is 25.4 Å². The van der Waals surface area contributed by atoms with Crippen LogP contribution in [0.15, 0.2) is 42.7 Å². The zero-order valence-electron chi connectivity index (χ0n) is 22.2. The van der Waals surface area contributed by atoms with Gasteiger partial charge in [-0.05, 0) is 48.2 Å². The first-order valence-electron chi connectivity index (χ1n) is 13.3. The van der Waals surface area contributed by atoms with Crippen LogP contribution >= 0.6 is 0 Å². The lowest BCUT2D eigenvalue weighted by atomic mass is 9.85. The van der Waals surface area contributed by atoms with Crippen LogP contribution in [0.4, 0.5) is 24.5 Å². The molecule has 208 valence electrons. The molecule has 4 heterocycles. The van der Waals surface area contributed by atoms with Gasteiger partial charge >= 0.3 is 0 Å². The lowest BCUT2D eigenvalue weighted by Gasteiger charge is -2.37. The number of anilines is 2. The smallest absolute Gasteiger partial charge is 0.149 e. The third-order valence-corrected chi connectivity index (χ3v) is 7.69. The second-order valence-electron chi connectivity index (χ2n) is 10.5. The zero-order valence-corrected chi connectivity index (χ0v) is 22.2. The minimum Gasteiger partial charge on any atom is -0.381 e. The number of nitrogens with one attached hydrogen (secondary N) is 1. The van der Waals surface area contributed by atoms with E-state index in [0.29, 0.717) is 43.2 Å². The molecule has 0 bridgehead atoms. The van der Waals surface area contributed by atoms with E-state index in [9.17, 15) is 4.39 Å². The first kappa shape index (κ1) is 27.4. The van der Waals surface area contributed by atoms with Crippen LogP contribution in [0.5, 0.6) is 0 Å². The standard InChI is InChI=1S/C29H34F3N5O2/c1-18-11-20(33)17-37(16-18)26-5-8-34-15-25(26)35-14-21-3-4-22(30)28(36-21)27-23(31)12-19(13-24(27)32)29(38-2)6-9-39-10-7-29/h3-5,8,12-13,15,18,20,35H,6-7,9-11,14,16-17,33H2,1-2H3/t18-,20+/m1/s1. The van der Waals surface area contributed by atoms with Gasteiger partial charge in [0, 0.05) is 58.5 Å². The van der Waals surface area contributed by atoms with E-state index < -0.39 is 28.6 Å². The number of nitrogens with two attached hydrogens (primary N) is 1. The molecule has 1 aromatic carbocycles. The monoisotopic (exact) mass is 541 g/mol. The number of ether oxygens (including phenoxy) is 2. The number of hydrogen-bond acceptors (Lipinski definition) is 7. The Hall–Kier alpha value is -3.21. The Morgan fingerprint density at radius 3 is 2.54 bits per heavy atom. The third-order valence-electron chi connectivity index (χ3n) is 7.69. The molecule has 2 aliphatic heterocycles. The Morgan fingerprint density at radius 1 is 1.10 bits per heavy atom. The molecule has 0 unspecified atom stereocenters. The van der Waals surface area contributed by atoms with Gasteiger partial charge in [-0.3, -0.25) is 4.98 Å². The predicted octanol–water partition coefficient (Wildman–Crippen LogP) is 5.00. The van der Waals surface area contributed by atoms with E-state index in [1.165, 1.54) is 31.4 Å². The number of piperidine rings is 1. The summed E-state index contributed by atoms with van der Waals surface area (Å²) in [6.45, 7) is 4.83. The van der Waals surface area contributed by atoms with E-state index in [1.807, 2.05) is 6.07 Å². The van der Waals surface area contributed by atoms with E-state index in [-0.39, 0.29) is 18.3 Å². The highest BCUT2D eigenvalue weighted by Gasteiger charge is 2.36. The molecule has 0 amide bonds. The van der Waals surface area contributed by atoms with Gasteiger partial charge in [0.1, 0.15) is 23.1 Å². The average Bonchev–Trinajstić information content (AvgIpc) is 2.93. The number of pyridine rings is 2. The number of methoxy groups -OCH3 is 1. The van der Waals surface area contributed by atoms with Gasteiger partial charge in [-0.15, -0.1) is 0 Å². The minimum absolute atomic E-state index is 0.0810. The van der Waals surface area contributed by atoms with Crippen LogP contribution in [-0.2, 0) is 21.6 Å². The lowest BCUT2D eigenvalue weighted by molar-refractivity contribution is -0.0950. The van der Waals surface area contributed by atoms with Crippen molar-refractivity contribution in [2.45, 2.75) is 44.4 Å². The van der Waals surface area contributed by atoms with Crippen LogP contribution in [0.25, 0.3) is 11.3 Å². The second-order valence-corrected chi connectivity index (χ2v) is 10.5. The van der Waals surface area contributed by atoms with Gasteiger partial charge in [0.05, 0.1) is 41.0 Å². The Kier molecular flexibility index (Phi) is 8.06. The highest BCUT2D eigenvalue weighted by atomic mass is 19.1. The van der Waals surface area contributed by atoms with Crippen LogP contribution in [0, 0.1) is 23.4 Å². The first-order valence-corrected chi connectivity index (χ1v) is 13.3. The minimum atomic E-state index is -0.894. The molecule has 10 heteroatoms. The molecule has 2 aromatic heterocycles. The predicted molar refractivity (Wildman–Crippen MR) is 144 cm³/mol. The second kappa shape index (κ2) is 11.5. The van der Waals surface area contributed by atoms with Crippen LogP contribution in [0.2, 0.25) is 0 Å². The summed E-state index contributed by atoms with van der Waals surface area (Å²) in [4.78, 5) is 10.8. The summed E-state index contributed by atoms with van der Waals surface area (Å²) in [7, 11) is 1.51. The molecule has 2 aliphatic rings. The number of benzene rings is 1. The number of hydrogen-bond donors (Lipinski definition) is 2. The van der Waals surface area contributed by atoms with Gasteiger partial charge in [0.15, 0.2) is 0 Å². The molecular weight excluding hydrogens is 507 g/mol. The summed E-state index contributed by atoms with van der Waals surface area (Å²) in [6, 6.07) is 7.10. The molecule has 0 aliphatic carbocycles. The van der Waals surface area contributed by atoms with Crippen molar-refractivity contribution in [3.8, 4) is 11.3 Å². The summed E-state index contributed by atoms with van der Waals surface area (Å²) < 4.78 is 56.7. The number of halogens is 3. The number of nitrogens with zero attached hydrogens (tertiary/aromatic N) is 3. The summed E-state index contributed by atoms with van der Waals surface area (Å²) in [5, 5.41) is 3.30. The van der Waals surface area contributed by atoms with E-state index >= 15 is 8.78 Å². The normalized spacial score (nSPS) is 21.1. The molecule has 0 radical (unpaired) electrons. The first-order chi connectivity index (χ1) is 18.8. The molecule has 0 saturated carbocycles. The summed E-state index contributed by atoms with van der Waals surface area (Å²) in [5.41, 5.74) is 7.03. The van der Waals surface area contributed by atoms with E-state index in [1.54, 1.807) is 12.4 Å². The summed E-state index contributed by atoms with van der Waals surface area (Å²) in [5.74, 6) is -2.14. The van der Waals surface area contributed by atoms with E-state index in [0.717, 1.165) is 30.9 Å². The van der Waals surface area contributed by atoms with Crippen molar-refractivity contribution in [1.29, 1.82) is 0 Å². The van der Waals surface area contributed by atoms with Gasteiger partial charge in [-0.2, -0.15) is 0 Å². The van der Waals surface area contributed by atoms with Crippen molar-refractivity contribution in [2.75, 3.05) is 43.6 Å². The summed E-state index contributed by atoms with van der Waals surface area (Å²) in [6.07, 6.45) is 5.34. The topological polar surface area (TPSA) is 85.5 Å². The lowest BCUT2D eigenvalue weighted by Crippen LogP contribution is -2.46. The molecule has 0 spiro atoms. The SMILES string of the molecule is COC1(c2cc(F)c(-c3nc(CNc4cnccc4N4C[C@H](C)C[C@H](N)C4)ccc3F)c(F)c2)CCOCC1.